The minimum absolute atomic E-state index is 0. The summed E-state index contributed by atoms with van der Waals surface area (Å²) in [6, 6.07) is 0. The van der Waals surface area contributed by atoms with E-state index < -0.39 is 0 Å². The number of piperidine rings is 1. The van der Waals surface area contributed by atoms with Gasteiger partial charge in [-0.1, -0.05) is 11.8 Å². The minimum Gasteiger partial charge on any atom is -0.381 e. The third-order valence-corrected chi connectivity index (χ3v) is 4.18. The van der Waals surface area contributed by atoms with Crippen LogP contribution in [0.25, 0.3) is 0 Å². The van der Waals surface area contributed by atoms with Gasteiger partial charge in [-0.3, -0.25) is 0 Å². The molecule has 5 nitrogen and oxygen atoms in total. The molecule has 0 aromatic carbocycles. The van der Waals surface area contributed by atoms with Gasteiger partial charge < -0.3 is 14.6 Å². The topological polar surface area (TPSA) is 52.0 Å². The Bertz CT molecular complexity index is 369. The maximum Gasteiger partial charge on any atom is 0.191 e. The Morgan fingerprint density at radius 2 is 2.32 bits per heavy atom. The zero-order valence-corrected chi connectivity index (χ0v) is 13.2. The third kappa shape index (κ3) is 4.63. The molecule has 19 heavy (non-hydrogen) atoms. The number of halogens is 1. The van der Waals surface area contributed by atoms with E-state index in [1.54, 1.807) is 11.8 Å². The molecule has 1 aromatic rings. The van der Waals surface area contributed by atoms with Gasteiger partial charge in [0, 0.05) is 31.9 Å². The molecule has 110 valence electrons. The molecule has 1 unspecified atom stereocenters. The Morgan fingerprint density at radius 1 is 1.47 bits per heavy atom. The number of hydrogen-bond acceptors (Lipinski definition) is 5. The molecule has 2 heterocycles. The quantitative estimate of drug-likeness (QED) is 0.642. The molecule has 1 saturated heterocycles. The van der Waals surface area contributed by atoms with E-state index in [1.165, 1.54) is 12.8 Å². The Hall–Kier alpha value is -0.300. The van der Waals surface area contributed by atoms with E-state index in [2.05, 4.69) is 27.1 Å². The average molecular weight is 307 g/mol. The first kappa shape index (κ1) is 16.8. The van der Waals surface area contributed by atoms with Crippen LogP contribution in [0.2, 0.25) is 0 Å². The Morgan fingerprint density at radius 3 is 3.00 bits per heavy atom. The molecular weight excluding hydrogens is 284 g/mol. The van der Waals surface area contributed by atoms with E-state index in [0.29, 0.717) is 5.92 Å². The summed E-state index contributed by atoms with van der Waals surface area (Å²) in [6.07, 6.45) is 2.44. The fourth-order valence-electron chi connectivity index (χ4n) is 2.22. The van der Waals surface area contributed by atoms with Crippen molar-refractivity contribution in [3.8, 4) is 0 Å². The first-order chi connectivity index (χ1) is 8.83. The lowest BCUT2D eigenvalue weighted by Crippen LogP contribution is -2.29. The lowest BCUT2D eigenvalue weighted by atomic mass is 9.99. The molecule has 0 amide bonds. The first-order valence-corrected chi connectivity index (χ1v) is 7.62. The molecule has 7 heteroatoms. The van der Waals surface area contributed by atoms with Crippen LogP contribution in [0.15, 0.2) is 5.16 Å². The molecule has 1 aromatic heterocycles. The molecule has 0 saturated carbocycles. The van der Waals surface area contributed by atoms with Gasteiger partial charge in [-0.25, -0.2) is 0 Å². The molecule has 1 atom stereocenters. The fraction of sp³-hybridized carbons (Fsp3) is 0.833. The van der Waals surface area contributed by atoms with Crippen LogP contribution in [-0.2, 0) is 11.8 Å². The van der Waals surface area contributed by atoms with Crippen LogP contribution < -0.4 is 5.32 Å². The van der Waals surface area contributed by atoms with Crippen LogP contribution in [0.4, 0.5) is 0 Å². The fourth-order valence-corrected chi connectivity index (χ4v) is 2.99. The number of hydrogen-bond donors (Lipinski definition) is 1. The predicted molar refractivity (Wildman–Crippen MR) is 80.3 cm³/mol. The van der Waals surface area contributed by atoms with Gasteiger partial charge in [0.05, 0.1) is 6.61 Å². The van der Waals surface area contributed by atoms with Crippen molar-refractivity contribution in [3.63, 3.8) is 0 Å². The van der Waals surface area contributed by atoms with Gasteiger partial charge in [0.1, 0.15) is 5.82 Å². The van der Waals surface area contributed by atoms with Crippen molar-refractivity contribution in [2.45, 2.75) is 30.8 Å². The maximum absolute atomic E-state index is 5.33. The lowest BCUT2D eigenvalue weighted by Gasteiger charge is -2.21. The van der Waals surface area contributed by atoms with Crippen LogP contribution >= 0.6 is 24.2 Å². The van der Waals surface area contributed by atoms with Gasteiger partial charge >= 0.3 is 0 Å². The number of nitrogens with one attached hydrogen (secondary N) is 1. The minimum atomic E-state index is 0. The van der Waals surface area contributed by atoms with Crippen molar-refractivity contribution in [1.82, 2.24) is 20.1 Å². The van der Waals surface area contributed by atoms with Crippen LogP contribution in [-0.4, -0.2) is 46.8 Å². The summed E-state index contributed by atoms with van der Waals surface area (Å²) in [5.74, 6) is 2.56. The highest BCUT2D eigenvalue weighted by Crippen LogP contribution is 2.24. The lowest BCUT2D eigenvalue weighted by molar-refractivity contribution is 0.164. The summed E-state index contributed by atoms with van der Waals surface area (Å²) in [5, 5.41) is 13.0. The molecule has 0 bridgehead atoms. The van der Waals surface area contributed by atoms with Crippen molar-refractivity contribution in [2.24, 2.45) is 7.05 Å². The second-order valence-corrected chi connectivity index (χ2v) is 5.55. The molecule has 2 rings (SSSR count). The van der Waals surface area contributed by atoms with Crippen molar-refractivity contribution < 1.29 is 4.74 Å². The molecule has 1 aliphatic rings. The first-order valence-electron chi connectivity index (χ1n) is 6.63. The molecule has 0 aliphatic carbocycles. The van der Waals surface area contributed by atoms with E-state index in [0.717, 1.165) is 43.0 Å². The summed E-state index contributed by atoms with van der Waals surface area (Å²) >= 11 is 1.72. The molecule has 1 N–H and O–H groups in total. The summed E-state index contributed by atoms with van der Waals surface area (Å²) in [5.41, 5.74) is 0. The number of ether oxygens (including phenoxy) is 1. The second-order valence-electron chi connectivity index (χ2n) is 4.49. The van der Waals surface area contributed by atoms with Crippen LogP contribution in [0.5, 0.6) is 0 Å². The second kappa shape index (κ2) is 8.79. The summed E-state index contributed by atoms with van der Waals surface area (Å²) < 4.78 is 7.46. The van der Waals surface area contributed by atoms with Crippen molar-refractivity contribution >= 4 is 24.2 Å². The summed E-state index contributed by atoms with van der Waals surface area (Å²) in [6.45, 7) is 5.72. The van der Waals surface area contributed by atoms with Crippen LogP contribution in [0.1, 0.15) is 31.5 Å². The summed E-state index contributed by atoms with van der Waals surface area (Å²) in [4.78, 5) is 0. The molecule has 1 aliphatic heterocycles. The number of rotatable bonds is 6. The zero-order valence-electron chi connectivity index (χ0n) is 11.6. The highest BCUT2D eigenvalue weighted by atomic mass is 35.5. The molecule has 1 fully saturated rings. The van der Waals surface area contributed by atoms with E-state index in [9.17, 15) is 0 Å². The summed E-state index contributed by atoms with van der Waals surface area (Å²) in [7, 11) is 2.06. The van der Waals surface area contributed by atoms with Gasteiger partial charge in [0.15, 0.2) is 5.16 Å². The van der Waals surface area contributed by atoms with E-state index in [-0.39, 0.29) is 12.4 Å². The van der Waals surface area contributed by atoms with Crippen molar-refractivity contribution in [1.29, 1.82) is 0 Å². The number of nitrogens with zero attached hydrogens (tertiary/aromatic N) is 3. The van der Waals surface area contributed by atoms with Gasteiger partial charge in [0.25, 0.3) is 0 Å². The standard InChI is InChI=1S/C12H22N4OS.ClH/c1-3-17-7-8-18-12-15-14-11(16(12)2)10-5-4-6-13-9-10;/h10,13H,3-9H2,1-2H3;1H. The van der Waals surface area contributed by atoms with Gasteiger partial charge in [-0.05, 0) is 26.3 Å². The largest absolute Gasteiger partial charge is 0.381 e. The highest BCUT2D eigenvalue weighted by molar-refractivity contribution is 7.99. The third-order valence-electron chi connectivity index (χ3n) is 3.19. The normalized spacial score (nSPS) is 19.2. The van der Waals surface area contributed by atoms with Gasteiger partial charge in [0.2, 0.25) is 0 Å². The molecule has 0 spiro atoms. The highest BCUT2D eigenvalue weighted by Gasteiger charge is 2.21. The van der Waals surface area contributed by atoms with Gasteiger partial charge in [-0.15, -0.1) is 22.6 Å². The van der Waals surface area contributed by atoms with E-state index in [4.69, 9.17) is 4.74 Å². The van der Waals surface area contributed by atoms with Crippen molar-refractivity contribution in [2.75, 3.05) is 32.1 Å². The monoisotopic (exact) mass is 306 g/mol. The maximum atomic E-state index is 5.33. The van der Waals surface area contributed by atoms with Gasteiger partial charge in [-0.2, -0.15) is 0 Å². The Balaban J connectivity index is 0.00000180. The van der Waals surface area contributed by atoms with Crippen LogP contribution in [0.3, 0.4) is 0 Å². The average Bonchev–Trinajstić information content (AvgIpc) is 2.77. The van der Waals surface area contributed by atoms with Crippen molar-refractivity contribution in [3.05, 3.63) is 5.82 Å². The molecular formula is C12H23ClN4OS. The smallest absolute Gasteiger partial charge is 0.191 e. The zero-order chi connectivity index (χ0) is 12.8. The van der Waals surface area contributed by atoms with E-state index >= 15 is 0 Å². The van der Waals surface area contributed by atoms with Crippen LogP contribution in [0, 0.1) is 0 Å². The number of aromatic nitrogens is 3. The van der Waals surface area contributed by atoms with E-state index in [1.807, 2.05) is 6.92 Å². The predicted octanol–water partition coefficient (Wildman–Crippen LogP) is 1.83. The number of thioether (sulfide) groups is 1. The SMILES string of the molecule is CCOCCSc1nnc(C2CCCNC2)n1C.Cl. The molecule has 0 radical (unpaired) electrons. The Labute approximate surface area is 125 Å². The Kier molecular flexibility index (Phi) is 7.75.